The van der Waals surface area contributed by atoms with Crippen molar-refractivity contribution >= 4 is 40.6 Å². The summed E-state index contributed by atoms with van der Waals surface area (Å²) in [7, 11) is 4.39. The van der Waals surface area contributed by atoms with Crippen LogP contribution in [0.3, 0.4) is 0 Å². The van der Waals surface area contributed by atoms with Crippen molar-refractivity contribution in [3.63, 3.8) is 0 Å². The topological polar surface area (TPSA) is 60.0 Å². The van der Waals surface area contributed by atoms with Gasteiger partial charge in [-0.15, -0.1) is 0 Å². The predicted octanol–water partition coefficient (Wildman–Crippen LogP) is 4.24. The Morgan fingerprint density at radius 1 is 1.14 bits per heavy atom. The molecule has 0 radical (unpaired) electrons. The first kappa shape index (κ1) is 21.0. The molecule has 6 nitrogen and oxygen atoms in total. The molecule has 0 unspecified atom stereocenters. The van der Waals surface area contributed by atoms with Crippen LogP contribution in [-0.4, -0.2) is 32.4 Å². The number of para-hydroxylation sites is 1. The predicted molar refractivity (Wildman–Crippen MR) is 117 cm³/mol. The van der Waals surface area contributed by atoms with Crippen LogP contribution in [0.2, 0.25) is 5.02 Å². The summed E-state index contributed by atoms with van der Waals surface area (Å²) in [6.45, 7) is 1.84. The SMILES string of the molecule is COC(=O)C1=C(C)N(c2ccccc2)C(=S)N[C@@H]1c1cc(Cl)c(OC)c(OC)c1. The van der Waals surface area contributed by atoms with Crippen LogP contribution >= 0.6 is 23.8 Å². The lowest BCUT2D eigenvalue weighted by Crippen LogP contribution is -2.48. The molecule has 8 heteroatoms. The molecule has 0 saturated carbocycles. The molecule has 1 atom stereocenters. The van der Waals surface area contributed by atoms with Gasteiger partial charge in [0.25, 0.3) is 0 Å². The molecule has 3 rings (SSSR count). The van der Waals surface area contributed by atoms with Gasteiger partial charge in [-0.1, -0.05) is 29.8 Å². The Bertz CT molecular complexity index is 978. The number of carbonyl (C=O) groups is 1. The normalized spacial score (nSPS) is 16.4. The van der Waals surface area contributed by atoms with E-state index in [-0.39, 0.29) is 0 Å². The van der Waals surface area contributed by atoms with Crippen LogP contribution in [0, 0.1) is 0 Å². The highest BCUT2D eigenvalue weighted by molar-refractivity contribution is 7.80. The Balaban J connectivity index is 2.17. The maximum atomic E-state index is 12.7. The first-order chi connectivity index (χ1) is 13.9. The fourth-order valence-corrected chi connectivity index (χ4v) is 4.02. The van der Waals surface area contributed by atoms with Crippen molar-refractivity contribution in [1.29, 1.82) is 0 Å². The first-order valence-electron chi connectivity index (χ1n) is 8.79. The van der Waals surface area contributed by atoms with Crippen LogP contribution in [0.15, 0.2) is 53.7 Å². The van der Waals surface area contributed by atoms with Gasteiger partial charge >= 0.3 is 5.97 Å². The number of methoxy groups -OCH3 is 3. The number of rotatable bonds is 5. The van der Waals surface area contributed by atoms with Gasteiger partial charge in [0, 0.05) is 11.4 Å². The molecule has 1 aliphatic heterocycles. The quantitative estimate of drug-likeness (QED) is 0.560. The molecule has 29 heavy (non-hydrogen) atoms. The van der Waals surface area contributed by atoms with E-state index in [1.165, 1.54) is 21.3 Å². The number of anilines is 1. The maximum absolute atomic E-state index is 12.7. The lowest BCUT2D eigenvalue weighted by molar-refractivity contribution is -0.136. The molecule has 2 aromatic rings. The van der Waals surface area contributed by atoms with Crippen molar-refractivity contribution < 1.29 is 19.0 Å². The standard InChI is InChI=1S/C21H21ClN2O4S/c1-12-17(20(25)28-4)18(13-10-15(22)19(27-3)16(11-13)26-2)23-21(29)24(12)14-8-6-5-7-9-14/h5-11,18H,1-4H3,(H,23,29)/t18-/m1/s1. The van der Waals surface area contributed by atoms with Crippen molar-refractivity contribution in [3.05, 3.63) is 64.3 Å². The number of hydrogen-bond acceptors (Lipinski definition) is 5. The van der Waals surface area contributed by atoms with Gasteiger partial charge in [0.05, 0.1) is 38.0 Å². The average Bonchev–Trinajstić information content (AvgIpc) is 2.72. The third-order valence-electron chi connectivity index (χ3n) is 4.69. The molecule has 0 fully saturated rings. The number of esters is 1. The number of benzene rings is 2. The zero-order valence-electron chi connectivity index (χ0n) is 16.5. The molecule has 1 aliphatic rings. The molecule has 0 amide bonds. The van der Waals surface area contributed by atoms with E-state index in [1.807, 2.05) is 37.3 Å². The van der Waals surface area contributed by atoms with Crippen molar-refractivity contribution in [2.45, 2.75) is 13.0 Å². The Kier molecular flexibility index (Phi) is 6.30. The number of nitrogens with one attached hydrogen (secondary N) is 1. The van der Waals surface area contributed by atoms with Crippen LogP contribution in [0.1, 0.15) is 18.5 Å². The van der Waals surface area contributed by atoms with Crippen LogP contribution in [0.5, 0.6) is 11.5 Å². The highest BCUT2D eigenvalue weighted by Crippen LogP contribution is 2.41. The van der Waals surface area contributed by atoms with Crippen molar-refractivity contribution in [2.24, 2.45) is 0 Å². The van der Waals surface area contributed by atoms with Gasteiger partial charge in [-0.25, -0.2) is 4.79 Å². The van der Waals surface area contributed by atoms with Crippen LogP contribution in [0.4, 0.5) is 5.69 Å². The van der Waals surface area contributed by atoms with E-state index in [0.717, 1.165) is 5.69 Å². The van der Waals surface area contributed by atoms with Gasteiger partial charge in [-0.05, 0) is 49.0 Å². The van der Waals surface area contributed by atoms with Gasteiger partial charge in [0.15, 0.2) is 16.6 Å². The van der Waals surface area contributed by atoms with E-state index >= 15 is 0 Å². The van der Waals surface area contributed by atoms with Crippen LogP contribution in [0.25, 0.3) is 0 Å². The van der Waals surface area contributed by atoms with E-state index < -0.39 is 12.0 Å². The summed E-state index contributed by atoms with van der Waals surface area (Å²) in [5.74, 6) is 0.409. The van der Waals surface area contributed by atoms with E-state index in [9.17, 15) is 4.79 Å². The van der Waals surface area contributed by atoms with Crippen molar-refractivity contribution in [2.75, 3.05) is 26.2 Å². The summed E-state index contributed by atoms with van der Waals surface area (Å²) in [5, 5.41) is 4.06. The molecule has 2 aromatic carbocycles. The minimum atomic E-state index is -0.563. The number of nitrogens with zero attached hydrogens (tertiary/aromatic N) is 1. The summed E-state index contributed by atoms with van der Waals surface area (Å²) in [5.41, 5.74) is 2.63. The maximum Gasteiger partial charge on any atom is 0.337 e. The average molecular weight is 433 g/mol. The van der Waals surface area contributed by atoms with E-state index in [2.05, 4.69) is 5.32 Å². The lowest BCUT2D eigenvalue weighted by atomic mass is 9.94. The number of hydrogen-bond donors (Lipinski definition) is 1. The van der Waals surface area contributed by atoms with Gasteiger partial charge in [0.1, 0.15) is 0 Å². The molecular weight excluding hydrogens is 412 g/mol. The minimum absolute atomic E-state index is 0.363. The molecule has 0 saturated heterocycles. The summed E-state index contributed by atoms with van der Waals surface area (Å²) < 4.78 is 15.8. The smallest absolute Gasteiger partial charge is 0.337 e. The van der Waals surface area contributed by atoms with Crippen molar-refractivity contribution in [1.82, 2.24) is 5.32 Å². The zero-order valence-corrected chi connectivity index (χ0v) is 18.1. The molecule has 1 heterocycles. The molecule has 1 N–H and O–H groups in total. The lowest BCUT2D eigenvalue weighted by Gasteiger charge is -2.37. The fourth-order valence-electron chi connectivity index (χ4n) is 3.36. The largest absolute Gasteiger partial charge is 0.493 e. The third kappa shape index (κ3) is 3.88. The number of carbonyl (C=O) groups excluding carboxylic acids is 1. The number of thiocarbonyl (C=S) groups is 1. The molecule has 0 aromatic heterocycles. The van der Waals surface area contributed by atoms with Crippen molar-refractivity contribution in [3.8, 4) is 11.5 Å². The summed E-state index contributed by atoms with van der Waals surface area (Å²) in [6, 6.07) is 12.5. The summed E-state index contributed by atoms with van der Waals surface area (Å²) in [6.07, 6.45) is 0. The Labute approximate surface area is 180 Å². The summed E-state index contributed by atoms with van der Waals surface area (Å²) in [4.78, 5) is 14.5. The number of allylic oxidation sites excluding steroid dienone is 1. The molecule has 152 valence electrons. The molecule has 0 bridgehead atoms. The Morgan fingerprint density at radius 3 is 2.41 bits per heavy atom. The summed E-state index contributed by atoms with van der Waals surface area (Å²) >= 11 is 12.0. The van der Waals surface area contributed by atoms with Crippen LogP contribution < -0.4 is 19.7 Å². The Hall–Kier alpha value is -2.77. The van der Waals surface area contributed by atoms with E-state index in [1.54, 1.807) is 17.0 Å². The third-order valence-corrected chi connectivity index (χ3v) is 5.27. The molecular formula is C21H21ClN2O4S. The molecule has 0 aliphatic carbocycles. The second-order valence-corrected chi connectivity index (χ2v) is 7.08. The first-order valence-corrected chi connectivity index (χ1v) is 9.57. The van der Waals surface area contributed by atoms with Crippen LogP contribution in [-0.2, 0) is 9.53 Å². The highest BCUT2D eigenvalue weighted by Gasteiger charge is 2.36. The number of ether oxygens (including phenoxy) is 3. The van der Waals surface area contributed by atoms with Gasteiger partial charge in [-0.3, -0.25) is 4.90 Å². The monoisotopic (exact) mass is 432 g/mol. The zero-order chi connectivity index (χ0) is 21.1. The van der Waals surface area contributed by atoms with Gasteiger partial charge in [0.2, 0.25) is 0 Å². The highest BCUT2D eigenvalue weighted by atomic mass is 35.5. The van der Waals surface area contributed by atoms with Gasteiger partial charge < -0.3 is 19.5 Å². The fraction of sp³-hybridized carbons (Fsp3) is 0.238. The van der Waals surface area contributed by atoms with Gasteiger partial charge in [-0.2, -0.15) is 0 Å². The Morgan fingerprint density at radius 2 is 1.83 bits per heavy atom. The number of halogens is 1. The van der Waals surface area contributed by atoms with E-state index in [0.29, 0.717) is 38.5 Å². The molecule has 0 spiro atoms. The second-order valence-electron chi connectivity index (χ2n) is 6.28. The van der Waals surface area contributed by atoms with E-state index in [4.69, 9.17) is 38.0 Å². The second kappa shape index (κ2) is 8.71. The minimum Gasteiger partial charge on any atom is -0.493 e.